The van der Waals surface area contributed by atoms with E-state index in [2.05, 4.69) is 10.3 Å². The molecule has 1 amide bonds. The van der Waals surface area contributed by atoms with Crippen LogP contribution >= 0.6 is 0 Å². The molecule has 0 fully saturated rings. The van der Waals surface area contributed by atoms with E-state index in [1.807, 2.05) is 65.8 Å². The standard InChI is InChI=1S/C23H32N2O4/c1-8-17-14(3)24-21(28-7)19(25-22(27)23(4,5)6)18(17)20(26)15-11-10-12-16(13-15)29-9-2/h10-13,20,26H,8-9H2,1-7H3,(H,25,27). The largest absolute Gasteiger partial charge is 0.494 e. The Labute approximate surface area is 173 Å². The summed E-state index contributed by atoms with van der Waals surface area (Å²) >= 11 is 0. The molecule has 2 N–H and O–H groups in total. The number of carbonyl (C=O) groups excluding carboxylic acids is 1. The predicted molar refractivity (Wildman–Crippen MR) is 115 cm³/mol. The Balaban J connectivity index is 2.68. The number of carbonyl (C=O) groups is 1. The van der Waals surface area contributed by atoms with Crippen molar-refractivity contribution in [2.24, 2.45) is 5.41 Å². The molecular formula is C23H32N2O4. The van der Waals surface area contributed by atoms with E-state index >= 15 is 0 Å². The number of ether oxygens (including phenoxy) is 2. The van der Waals surface area contributed by atoms with Gasteiger partial charge in [0, 0.05) is 16.7 Å². The summed E-state index contributed by atoms with van der Waals surface area (Å²) in [6.45, 7) is 11.8. The van der Waals surface area contributed by atoms with E-state index < -0.39 is 11.5 Å². The Kier molecular flexibility index (Phi) is 7.25. The molecule has 1 aromatic carbocycles. The zero-order chi connectivity index (χ0) is 21.8. The Morgan fingerprint density at radius 1 is 1.28 bits per heavy atom. The van der Waals surface area contributed by atoms with Gasteiger partial charge in [-0.3, -0.25) is 4.79 Å². The summed E-state index contributed by atoms with van der Waals surface area (Å²) in [5.74, 6) is 0.785. The lowest BCUT2D eigenvalue weighted by atomic mass is 9.91. The van der Waals surface area contributed by atoms with Gasteiger partial charge < -0.3 is 19.9 Å². The van der Waals surface area contributed by atoms with Crippen LogP contribution in [0.15, 0.2) is 24.3 Å². The van der Waals surface area contributed by atoms with Crippen molar-refractivity contribution in [1.82, 2.24) is 4.98 Å². The third-order valence-corrected chi connectivity index (χ3v) is 4.74. The molecule has 1 aromatic heterocycles. The van der Waals surface area contributed by atoms with Crippen LogP contribution in [0, 0.1) is 12.3 Å². The molecule has 6 heteroatoms. The molecule has 2 rings (SSSR count). The fourth-order valence-corrected chi connectivity index (χ4v) is 3.16. The minimum Gasteiger partial charge on any atom is -0.494 e. The highest BCUT2D eigenvalue weighted by atomic mass is 16.5. The van der Waals surface area contributed by atoms with Gasteiger partial charge in [-0.2, -0.15) is 0 Å². The van der Waals surface area contributed by atoms with Crippen LogP contribution < -0.4 is 14.8 Å². The highest BCUT2D eigenvalue weighted by Gasteiger charge is 2.29. The molecule has 1 atom stereocenters. The summed E-state index contributed by atoms with van der Waals surface area (Å²) in [7, 11) is 1.51. The lowest BCUT2D eigenvalue weighted by Gasteiger charge is -2.25. The van der Waals surface area contributed by atoms with E-state index in [4.69, 9.17) is 9.47 Å². The quantitative estimate of drug-likeness (QED) is 0.719. The second-order valence-corrected chi connectivity index (χ2v) is 7.94. The van der Waals surface area contributed by atoms with Crippen molar-refractivity contribution >= 4 is 11.6 Å². The third-order valence-electron chi connectivity index (χ3n) is 4.74. The number of aliphatic hydroxyl groups excluding tert-OH is 1. The number of hydrogen-bond donors (Lipinski definition) is 2. The third kappa shape index (κ3) is 5.07. The number of anilines is 1. The van der Waals surface area contributed by atoms with Crippen molar-refractivity contribution in [2.75, 3.05) is 19.0 Å². The predicted octanol–water partition coefficient (Wildman–Crippen LogP) is 4.43. The lowest BCUT2D eigenvalue weighted by Crippen LogP contribution is -2.29. The van der Waals surface area contributed by atoms with Crippen molar-refractivity contribution in [3.63, 3.8) is 0 Å². The zero-order valence-electron chi connectivity index (χ0n) is 18.4. The van der Waals surface area contributed by atoms with Crippen molar-refractivity contribution in [1.29, 1.82) is 0 Å². The van der Waals surface area contributed by atoms with Crippen molar-refractivity contribution in [3.05, 3.63) is 46.6 Å². The van der Waals surface area contributed by atoms with Gasteiger partial charge in [0.15, 0.2) is 0 Å². The number of rotatable bonds is 7. The van der Waals surface area contributed by atoms with Crippen LogP contribution in [0.4, 0.5) is 5.69 Å². The summed E-state index contributed by atoms with van der Waals surface area (Å²) < 4.78 is 11.0. The van der Waals surface area contributed by atoms with Gasteiger partial charge in [-0.05, 0) is 43.5 Å². The van der Waals surface area contributed by atoms with Gasteiger partial charge >= 0.3 is 0 Å². The van der Waals surface area contributed by atoms with Gasteiger partial charge in [0.25, 0.3) is 0 Å². The molecule has 29 heavy (non-hydrogen) atoms. The van der Waals surface area contributed by atoms with E-state index in [1.165, 1.54) is 7.11 Å². The average Bonchev–Trinajstić information content (AvgIpc) is 2.67. The average molecular weight is 401 g/mol. The second kappa shape index (κ2) is 9.27. The van der Waals surface area contributed by atoms with Crippen molar-refractivity contribution in [2.45, 2.75) is 54.1 Å². The Morgan fingerprint density at radius 3 is 2.52 bits per heavy atom. The van der Waals surface area contributed by atoms with E-state index in [0.29, 0.717) is 35.6 Å². The van der Waals surface area contributed by atoms with E-state index in [9.17, 15) is 9.90 Å². The number of nitrogens with one attached hydrogen (secondary N) is 1. The summed E-state index contributed by atoms with van der Waals surface area (Å²) in [6, 6.07) is 7.34. The zero-order valence-corrected chi connectivity index (χ0v) is 18.4. The first-order valence-corrected chi connectivity index (χ1v) is 9.93. The Bertz CT molecular complexity index is 872. The number of aromatic nitrogens is 1. The molecule has 0 aliphatic carbocycles. The van der Waals surface area contributed by atoms with Crippen LogP contribution in [0.1, 0.15) is 63.1 Å². The SMILES string of the molecule is CCOc1cccc(C(O)c2c(CC)c(C)nc(OC)c2NC(=O)C(C)(C)C)c1. The van der Waals surface area contributed by atoms with Gasteiger partial charge in [-0.1, -0.05) is 39.8 Å². The Morgan fingerprint density at radius 2 is 1.97 bits per heavy atom. The molecule has 0 spiro atoms. The highest BCUT2D eigenvalue weighted by Crippen LogP contribution is 2.39. The first-order chi connectivity index (χ1) is 13.6. The number of methoxy groups -OCH3 is 1. The summed E-state index contributed by atoms with van der Waals surface area (Å²) in [4.78, 5) is 17.2. The van der Waals surface area contributed by atoms with Crippen LogP contribution in [0.5, 0.6) is 11.6 Å². The second-order valence-electron chi connectivity index (χ2n) is 7.94. The maximum atomic E-state index is 12.7. The smallest absolute Gasteiger partial charge is 0.238 e. The van der Waals surface area contributed by atoms with Crippen LogP contribution in [0.25, 0.3) is 0 Å². The first kappa shape index (κ1) is 22.7. The fraction of sp³-hybridized carbons (Fsp3) is 0.478. The normalized spacial score (nSPS) is 12.4. The van der Waals surface area contributed by atoms with Crippen LogP contribution in [0.3, 0.4) is 0 Å². The van der Waals surface area contributed by atoms with Crippen LogP contribution in [-0.2, 0) is 11.2 Å². The molecule has 158 valence electrons. The summed E-state index contributed by atoms with van der Waals surface area (Å²) in [5.41, 5.74) is 2.70. The number of hydrogen-bond acceptors (Lipinski definition) is 5. The number of aliphatic hydroxyl groups is 1. The van der Waals surface area contributed by atoms with Gasteiger partial charge in [0.1, 0.15) is 17.5 Å². The molecule has 1 unspecified atom stereocenters. The topological polar surface area (TPSA) is 80.7 Å². The molecule has 0 saturated carbocycles. The molecule has 2 aromatic rings. The van der Waals surface area contributed by atoms with Gasteiger partial charge in [-0.25, -0.2) is 4.98 Å². The number of aryl methyl sites for hydroxylation is 1. The fourth-order valence-electron chi connectivity index (χ4n) is 3.16. The number of amides is 1. The Hall–Kier alpha value is -2.60. The van der Waals surface area contributed by atoms with E-state index in [-0.39, 0.29) is 11.8 Å². The highest BCUT2D eigenvalue weighted by molar-refractivity contribution is 5.96. The molecule has 0 radical (unpaired) electrons. The number of benzene rings is 1. The maximum Gasteiger partial charge on any atom is 0.238 e. The van der Waals surface area contributed by atoms with E-state index in [1.54, 1.807) is 0 Å². The summed E-state index contributed by atoms with van der Waals surface area (Å²) in [6.07, 6.45) is -0.324. The first-order valence-electron chi connectivity index (χ1n) is 9.93. The minimum absolute atomic E-state index is 0.181. The molecule has 0 aliphatic heterocycles. The van der Waals surface area contributed by atoms with Crippen LogP contribution in [-0.4, -0.2) is 29.7 Å². The van der Waals surface area contributed by atoms with Crippen LogP contribution in [0.2, 0.25) is 0 Å². The number of nitrogens with zero attached hydrogens (tertiary/aromatic N) is 1. The maximum absolute atomic E-state index is 12.7. The van der Waals surface area contributed by atoms with Gasteiger partial charge in [0.2, 0.25) is 11.8 Å². The van der Waals surface area contributed by atoms with Crippen molar-refractivity contribution < 1.29 is 19.4 Å². The molecule has 0 saturated heterocycles. The van der Waals surface area contributed by atoms with Gasteiger partial charge in [0.05, 0.1) is 13.7 Å². The monoisotopic (exact) mass is 400 g/mol. The lowest BCUT2D eigenvalue weighted by molar-refractivity contribution is -0.123. The molecule has 6 nitrogen and oxygen atoms in total. The number of pyridine rings is 1. The molecule has 0 aliphatic rings. The van der Waals surface area contributed by atoms with E-state index in [0.717, 1.165) is 11.3 Å². The molecule has 0 bridgehead atoms. The minimum atomic E-state index is -0.976. The summed E-state index contributed by atoms with van der Waals surface area (Å²) in [5, 5.41) is 14.3. The molecular weight excluding hydrogens is 368 g/mol. The van der Waals surface area contributed by atoms with Gasteiger partial charge in [-0.15, -0.1) is 0 Å². The van der Waals surface area contributed by atoms with Crippen molar-refractivity contribution in [3.8, 4) is 11.6 Å². The molecule has 1 heterocycles.